The Balaban J connectivity index is 1.68. The van der Waals surface area contributed by atoms with E-state index in [4.69, 9.17) is 0 Å². The number of amides is 2. The zero-order chi connectivity index (χ0) is 20.5. The summed E-state index contributed by atoms with van der Waals surface area (Å²) in [7, 11) is -3.80. The fraction of sp³-hybridized carbons (Fsp3) is 0.222. The number of hydrogen-bond donors (Lipinski definition) is 2. The predicted octanol–water partition coefficient (Wildman–Crippen LogP) is 3.20. The summed E-state index contributed by atoms with van der Waals surface area (Å²) >= 11 is 1.33. The quantitative estimate of drug-likeness (QED) is 0.766. The number of anilines is 2. The lowest BCUT2D eigenvalue weighted by molar-refractivity contribution is -0.116. The van der Waals surface area contributed by atoms with Crippen molar-refractivity contribution in [2.45, 2.75) is 28.4 Å². The molecule has 1 unspecified atom stereocenters. The number of benzene rings is 2. The smallest absolute Gasteiger partial charge is 0.237 e. The van der Waals surface area contributed by atoms with E-state index in [1.807, 2.05) is 0 Å². The molecule has 0 fully saturated rings. The Morgan fingerprint density at radius 1 is 1.21 bits per heavy atom. The van der Waals surface area contributed by atoms with Gasteiger partial charge in [-0.3, -0.25) is 9.59 Å². The van der Waals surface area contributed by atoms with Gasteiger partial charge in [0.05, 0.1) is 27.3 Å². The molecule has 0 radical (unpaired) electrons. The molecule has 1 aliphatic heterocycles. The van der Waals surface area contributed by atoms with Crippen molar-refractivity contribution in [1.29, 1.82) is 0 Å². The highest BCUT2D eigenvalue weighted by atomic mass is 32.2. The van der Waals surface area contributed by atoms with Crippen LogP contribution in [0.1, 0.15) is 13.3 Å². The molecular weight excluding hydrogens is 410 g/mol. The minimum absolute atomic E-state index is 0.0255. The third-order valence-corrected chi connectivity index (χ3v) is 6.94. The molecular formula is C18H16F2N2O4S2. The number of hydrogen-bond acceptors (Lipinski definition) is 5. The first kappa shape index (κ1) is 20.3. The highest BCUT2D eigenvalue weighted by Crippen LogP contribution is 2.36. The van der Waals surface area contributed by atoms with Gasteiger partial charge in [-0.2, -0.15) is 0 Å². The van der Waals surface area contributed by atoms with Crippen LogP contribution >= 0.6 is 11.8 Å². The van der Waals surface area contributed by atoms with Gasteiger partial charge in [-0.25, -0.2) is 17.2 Å². The monoisotopic (exact) mass is 426 g/mol. The Kier molecular flexibility index (Phi) is 5.71. The van der Waals surface area contributed by atoms with Gasteiger partial charge in [-0.05, 0) is 37.3 Å². The van der Waals surface area contributed by atoms with Crippen molar-refractivity contribution < 1.29 is 26.8 Å². The van der Waals surface area contributed by atoms with Gasteiger partial charge in [0.1, 0.15) is 11.6 Å². The third-order valence-electron chi connectivity index (χ3n) is 4.04. The molecule has 0 saturated heterocycles. The number of carbonyl (C=O) groups is 2. The third kappa shape index (κ3) is 4.50. The first-order valence-corrected chi connectivity index (χ1v) is 10.8. The number of nitrogens with one attached hydrogen (secondary N) is 2. The summed E-state index contributed by atoms with van der Waals surface area (Å²) in [5.74, 6) is -3.17. The zero-order valence-corrected chi connectivity index (χ0v) is 16.3. The van der Waals surface area contributed by atoms with Crippen LogP contribution in [0.25, 0.3) is 0 Å². The highest BCUT2D eigenvalue weighted by Gasteiger charge is 2.25. The average molecular weight is 426 g/mol. The van der Waals surface area contributed by atoms with Gasteiger partial charge in [-0.15, -0.1) is 11.8 Å². The maximum Gasteiger partial charge on any atom is 0.237 e. The van der Waals surface area contributed by atoms with Crippen molar-refractivity contribution >= 4 is 44.8 Å². The van der Waals surface area contributed by atoms with E-state index in [0.29, 0.717) is 11.8 Å². The highest BCUT2D eigenvalue weighted by molar-refractivity contribution is 8.01. The molecule has 6 nitrogen and oxygen atoms in total. The molecule has 2 amide bonds. The molecule has 1 heterocycles. The van der Waals surface area contributed by atoms with Crippen molar-refractivity contribution in [3.63, 3.8) is 0 Å². The molecule has 0 bridgehead atoms. The lowest BCUT2D eigenvalue weighted by atomic mass is 10.3. The summed E-state index contributed by atoms with van der Waals surface area (Å²) in [6, 6.07) is 7.04. The minimum atomic E-state index is -3.80. The normalized spacial score (nSPS) is 16.2. The molecule has 2 aromatic carbocycles. The van der Waals surface area contributed by atoms with Crippen LogP contribution in [0.5, 0.6) is 0 Å². The zero-order valence-electron chi connectivity index (χ0n) is 14.7. The second-order valence-electron chi connectivity index (χ2n) is 6.15. The molecule has 1 atom stereocenters. The van der Waals surface area contributed by atoms with Crippen LogP contribution in [0, 0.1) is 11.6 Å². The van der Waals surface area contributed by atoms with Crippen molar-refractivity contribution in [3.8, 4) is 0 Å². The van der Waals surface area contributed by atoms with Crippen LogP contribution in [-0.2, 0) is 19.4 Å². The lowest BCUT2D eigenvalue weighted by Crippen LogP contribution is -2.26. The Labute approximate surface area is 164 Å². The van der Waals surface area contributed by atoms with Gasteiger partial charge in [0.15, 0.2) is 9.84 Å². The number of carbonyl (C=O) groups excluding carboxylic acids is 2. The minimum Gasteiger partial charge on any atom is -0.324 e. The van der Waals surface area contributed by atoms with E-state index in [2.05, 4.69) is 10.6 Å². The van der Waals surface area contributed by atoms with Gasteiger partial charge >= 0.3 is 0 Å². The second-order valence-corrected chi connectivity index (χ2v) is 9.64. The van der Waals surface area contributed by atoms with Crippen molar-refractivity contribution in [1.82, 2.24) is 0 Å². The summed E-state index contributed by atoms with van der Waals surface area (Å²) in [6.45, 7) is 1.75. The summed E-state index contributed by atoms with van der Waals surface area (Å²) in [5.41, 5.74) is 0.179. The van der Waals surface area contributed by atoms with Crippen LogP contribution in [-0.4, -0.2) is 31.2 Å². The first-order chi connectivity index (χ1) is 13.2. The van der Waals surface area contributed by atoms with Crippen LogP contribution in [0.15, 0.2) is 46.2 Å². The Morgan fingerprint density at radius 2 is 1.96 bits per heavy atom. The lowest BCUT2D eigenvalue weighted by Gasteiger charge is -2.21. The number of sulfone groups is 1. The summed E-state index contributed by atoms with van der Waals surface area (Å²) in [6.07, 6.45) is -0.408. The van der Waals surface area contributed by atoms with E-state index in [1.54, 1.807) is 13.0 Å². The molecule has 0 aromatic heterocycles. The van der Waals surface area contributed by atoms with E-state index < -0.39 is 39.6 Å². The second kappa shape index (κ2) is 7.88. The van der Waals surface area contributed by atoms with E-state index in [0.717, 1.165) is 17.0 Å². The number of thioether (sulfide) groups is 1. The predicted molar refractivity (Wildman–Crippen MR) is 102 cm³/mol. The molecule has 10 heteroatoms. The molecule has 0 spiro atoms. The Bertz CT molecular complexity index is 1060. The average Bonchev–Trinajstić information content (AvgIpc) is 2.63. The van der Waals surface area contributed by atoms with Crippen LogP contribution in [0.4, 0.5) is 20.2 Å². The molecule has 148 valence electrons. The van der Waals surface area contributed by atoms with Crippen molar-refractivity contribution in [2.24, 2.45) is 0 Å². The van der Waals surface area contributed by atoms with Gasteiger partial charge in [0, 0.05) is 17.4 Å². The molecule has 1 aliphatic rings. The van der Waals surface area contributed by atoms with Gasteiger partial charge in [-0.1, -0.05) is 0 Å². The topological polar surface area (TPSA) is 92.3 Å². The first-order valence-electron chi connectivity index (χ1n) is 8.25. The molecule has 2 N–H and O–H groups in total. The van der Waals surface area contributed by atoms with Crippen molar-refractivity contribution in [3.05, 3.63) is 48.0 Å². The van der Waals surface area contributed by atoms with E-state index in [9.17, 15) is 26.8 Å². The summed E-state index contributed by atoms with van der Waals surface area (Å²) < 4.78 is 51.5. The summed E-state index contributed by atoms with van der Waals surface area (Å²) in [5, 5.41) is 4.60. The van der Waals surface area contributed by atoms with Crippen LogP contribution in [0.2, 0.25) is 0 Å². The molecule has 2 aromatic rings. The standard InChI is InChI=1S/C18H16F2N2O4S2/c1-10-18(24)22-15-9-12(3-5-16(15)27-10)28(25,26)7-6-17(23)21-14-4-2-11(19)8-13(14)20/h2-5,8-10H,6-7H2,1H3,(H,21,23)(H,22,24). The van der Waals surface area contributed by atoms with Crippen molar-refractivity contribution in [2.75, 3.05) is 16.4 Å². The fourth-order valence-corrected chi connectivity index (χ4v) is 4.72. The number of halogens is 2. The maximum atomic E-state index is 13.6. The summed E-state index contributed by atoms with van der Waals surface area (Å²) in [4.78, 5) is 24.4. The van der Waals surface area contributed by atoms with Gasteiger partial charge in [0.2, 0.25) is 11.8 Å². The number of fused-ring (bicyclic) bond motifs is 1. The SMILES string of the molecule is CC1Sc2ccc(S(=O)(=O)CCC(=O)Nc3ccc(F)cc3F)cc2NC1=O. The van der Waals surface area contributed by atoms with Gasteiger partial charge < -0.3 is 10.6 Å². The number of rotatable bonds is 5. The molecule has 28 heavy (non-hydrogen) atoms. The van der Waals surface area contributed by atoms with Crippen LogP contribution in [0.3, 0.4) is 0 Å². The molecule has 0 saturated carbocycles. The van der Waals surface area contributed by atoms with E-state index in [1.165, 1.54) is 23.9 Å². The largest absolute Gasteiger partial charge is 0.324 e. The van der Waals surface area contributed by atoms with Crippen LogP contribution < -0.4 is 10.6 Å². The Hall–Kier alpha value is -2.46. The molecule has 3 rings (SSSR count). The van der Waals surface area contributed by atoms with E-state index >= 15 is 0 Å². The van der Waals surface area contributed by atoms with E-state index in [-0.39, 0.29) is 21.7 Å². The maximum absolute atomic E-state index is 13.6. The Morgan fingerprint density at radius 3 is 2.68 bits per heavy atom. The fourth-order valence-electron chi connectivity index (χ4n) is 2.53. The van der Waals surface area contributed by atoms with Gasteiger partial charge in [0.25, 0.3) is 0 Å². The molecule has 0 aliphatic carbocycles.